The Labute approximate surface area is 225 Å². The van der Waals surface area contributed by atoms with Gasteiger partial charge >= 0.3 is 17.6 Å². The predicted octanol–water partition coefficient (Wildman–Crippen LogP) is 5.65. The standard InChI is InChI=1S/C30H30N2O7/c1-6-36-29(34)25-26(31-32(27(25)30(35)37-7-2)21-10-8-9-19(5)15-21)23-16-20-11-12-22(38-14-13-18(3)4)17-24(20)39-28(23)33/h8-13,15-17H,6-7,14H2,1-5H3. The summed E-state index contributed by atoms with van der Waals surface area (Å²) in [6.07, 6.45) is 1.94. The summed E-state index contributed by atoms with van der Waals surface area (Å²) in [7, 11) is 0. The van der Waals surface area contributed by atoms with Gasteiger partial charge in [0.2, 0.25) is 0 Å². The van der Waals surface area contributed by atoms with Crippen molar-refractivity contribution in [2.24, 2.45) is 0 Å². The molecule has 2 heterocycles. The van der Waals surface area contributed by atoms with Gasteiger partial charge in [0.25, 0.3) is 0 Å². The van der Waals surface area contributed by atoms with Crippen LogP contribution in [-0.4, -0.2) is 41.5 Å². The molecule has 0 saturated heterocycles. The fourth-order valence-corrected chi connectivity index (χ4v) is 3.99. The molecule has 2 aromatic carbocycles. The van der Waals surface area contributed by atoms with Crippen molar-refractivity contribution in [2.45, 2.75) is 34.6 Å². The molecule has 0 aliphatic rings. The second kappa shape index (κ2) is 11.8. The van der Waals surface area contributed by atoms with Gasteiger partial charge in [-0.05, 0) is 76.6 Å². The average Bonchev–Trinajstić information content (AvgIpc) is 3.29. The van der Waals surface area contributed by atoms with Crippen molar-refractivity contribution in [1.82, 2.24) is 9.78 Å². The van der Waals surface area contributed by atoms with E-state index in [9.17, 15) is 14.4 Å². The third-order valence-corrected chi connectivity index (χ3v) is 5.78. The largest absolute Gasteiger partial charge is 0.489 e. The van der Waals surface area contributed by atoms with Gasteiger partial charge in [0.1, 0.15) is 29.2 Å². The van der Waals surface area contributed by atoms with E-state index in [2.05, 4.69) is 5.10 Å². The average molecular weight is 531 g/mol. The van der Waals surface area contributed by atoms with Crippen molar-refractivity contribution < 1.29 is 28.2 Å². The first-order chi connectivity index (χ1) is 18.7. The molecule has 0 amide bonds. The number of aromatic nitrogens is 2. The molecule has 0 atom stereocenters. The number of rotatable bonds is 9. The van der Waals surface area contributed by atoms with Gasteiger partial charge in [0, 0.05) is 11.5 Å². The number of nitrogens with zero attached hydrogens (tertiary/aromatic N) is 2. The predicted molar refractivity (Wildman–Crippen MR) is 147 cm³/mol. The van der Waals surface area contributed by atoms with Gasteiger partial charge in [-0.3, -0.25) is 0 Å². The topological polar surface area (TPSA) is 110 Å². The minimum Gasteiger partial charge on any atom is -0.489 e. The SMILES string of the molecule is CCOC(=O)c1c(-c2cc3ccc(OCC=C(C)C)cc3oc2=O)nn(-c2cccc(C)c2)c1C(=O)OCC. The summed E-state index contributed by atoms with van der Waals surface area (Å²) in [6.45, 7) is 9.65. The highest BCUT2D eigenvalue weighted by Crippen LogP contribution is 2.30. The Hall–Kier alpha value is -4.66. The molecule has 0 aliphatic heterocycles. The second-order valence-corrected chi connectivity index (χ2v) is 9.00. The van der Waals surface area contributed by atoms with Gasteiger partial charge in [-0.25, -0.2) is 19.1 Å². The maximum atomic E-state index is 13.3. The fourth-order valence-electron chi connectivity index (χ4n) is 3.99. The first-order valence-electron chi connectivity index (χ1n) is 12.6. The van der Waals surface area contributed by atoms with Crippen LogP contribution >= 0.6 is 0 Å². The van der Waals surface area contributed by atoms with E-state index < -0.39 is 17.6 Å². The maximum Gasteiger partial charge on any atom is 0.357 e. The highest BCUT2D eigenvalue weighted by atomic mass is 16.5. The van der Waals surface area contributed by atoms with Crippen molar-refractivity contribution in [1.29, 1.82) is 0 Å². The van der Waals surface area contributed by atoms with Gasteiger partial charge in [0.05, 0.1) is 24.5 Å². The molecule has 0 radical (unpaired) electrons. The van der Waals surface area contributed by atoms with Crippen LogP contribution in [0.1, 0.15) is 54.1 Å². The van der Waals surface area contributed by atoms with Crippen LogP contribution in [-0.2, 0) is 9.47 Å². The molecule has 0 saturated carbocycles. The second-order valence-electron chi connectivity index (χ2n) is 9.00. The minimum atomic E-state index is -0.808. The van der Waals surface area contributed by atoms with Crippen molar-refractivity contribution >= 4 is 22.9 Å². The van der Waals surface area contributed by atoms with Crippen LogP contribution in [0.2, 0.25) is 0 Å². The van der Waals surface area contributed by atoms with Crippen molar-refractivity contribution in [3.63, 3.8) is 0 Å². The van der Waals surface area contributed by atoms with E-state index >= 15 is 0 Å². The number of ether oxygens (including phenoxy) is 3. The zero-order valence-electron chi connectivity index (χ0n) is 22.6. The molecule has 39 heavy (non-hydrogen) atoms. The Morgan fingerprint density at radius 2 is 1.74 bits per heavy atom. The first kappa shape index (κ1) is 27.4. The summed E-state index contributed by atoms with van der Waals surface area (Å²) in [5.41, 5.74) is 1.75. The van der Waals surface area contributed by atoms with Crippen LogP contribution in [0, 0.1) is 6.92 Å². The van der Waals surface area contributed by atoms with Crippen LogP contribution in [0.25, 0.3) is 27.9 Å². The Kier molecular flexibility index (Phi) is 8.29. The van der Waals surface area contributed by atoms with E-state index in [0.717, 1.165) is 11.1 Å². The number of carbonyl (C=O) groups excluding carboxylic acids is 2. The lowest BCUT2D eigenvalue weighted by atomic mass is 10.1. The lowest BCUT2D eigenvalue weighted by molar-refractivity contribution is 0.0473. The molecule has 0 spiro atoms. The minimum absolute atomic E-state index is 0.000661. The summed E-state index contributed by atoms with van der Waals surface area (Å²) in [5.74, 6) is -1.04. The summed E-state index contributed by atoms with van der Waals surface area (Å²) in [6, 6.07) is 13.9. The number of allylic oxidation sites excluding steroid dienone is 1. The first-order valence-corrected chi connectivity index (χ1v) is 12.6. The zero-order valence-corrected chi connectivity index (χ0v) is 22.6. The zero-order chi connectivity index (χ0) is 28.1. The molecule has 0 bridgehead atoms. The van der Waals surface area contributed by atoms with Crippen LogP contribution in [0.4, 0.5) is 0 Å². The highest BCUT2D eigenvalue weighted by Gasteiger charge is 2.33. The van der Waals surface area contributed by atoms with Gasteiger partial charge in [-0.2, -0.15) is 5.10 Å². The third-order valence-electron chi connectivity index (χ3n) is 5.78. The molecule has 0 fully saturated rings. The molecule has 9 heteroatoms. The van der Waals surface area contributed by atoms with Gasteiger partial charge in [-0.1, -0.05) is 17.7 Å². The third kappa shape index (κ3) is 5.93. The van der Waals surface area contributed by atoms with Gasteiger partial charge < -0.3 is 18.6 Å². The van der Waals surface area contributed by atoms with Crippen molar-refractivity contribution in [3.05, 3.63) is 87.4 Å². The lowest BCUT2D eigenvalue weighted by Gasteiger charge is -2.09. The fraction of sp³-hybridized carbons (Fsp3) is 0.267. The Morgan fingerprint density at radius 1 is 1.00 bits per heavy atom. The molecular weight excluding hydrogens is 500 g/mol. The molecule has 4 aromatic rings. The van der Waals surface area contributed by atoms with E-state index in [1.54, 1.807) is 56.3 Å². The van der Waals surface area contributed by atoms with E-state index in [1.807, 2.05) is 32.9 Å². The number of benzene rings is 2. The summed E-state index contributed by atoms with van der Waals surface area (Å²) < 4.78 is 23.2. The molecule has 202 valence electrons. The quantitative estimate of drug-likeness (QED) is 0.155. The summed E-state index contributed by atoms with van der Waals surface area (Å²) >= 11 is 0. The maximum absolute atomic E-state index is 13.3. The Bertz CT molecular complexity index is 1620. The van der Waals surface area contributed by atoms with Crippen molar-refractivity contribution in [3.8, 4) is 22.7 Å². The number of hydrogen-bond donors (Lipinski definition) is 0. The number of hydrogen-bond acceptors (Lipinski definition) is 8. The number of esters is 2. The molecule has 0 N–H and O–H groups in total. The van der Waals surface area contributed by atoms with Crippen LogP contribution in [0.15, 0.2) is 69.4 Å². The lowest BCUT2D eigenvalue weighted by Crippen LogP contribution is -2.17. The molecule has 4 rings (SSSR count). The van der Waals surface area contributed by atoms with Crippen LogP contribution in [0.3, 0.4) is 0 Å². The molecule has 9 nitrogen and oxygen atoms in total. The van der Waals surface area contributed by atoms with E-state index in [1.165, 1.54) is 4.68 Å². The number of fused-ring (bicyclic) bond motifs is 1. The molecule has 0 unspecified atom stereocenters. The molecule has 0 aliphatic carbocycles. The molecular formula is C30H30N2O7. The normalized spacial score (nSPS) is 10.8. The van der Waals surface area contributed by atoms with Crippen LogP contribution in [0.5, 0.6) is 5.75 Å². The molecule has 2 aromatic heterocycles. The summed E-state index contributed by atoms with van der Waals surface area (Å²) in [5, 5.41) is 5.14. The smallest absolute Gasteiger partial charge is 0.357 e. The van der Waals surface area contributed by atoms with Crippen molar-refractivity contribution in [2.75, 3.05) is 19.8 Å². The van der Waals surface area contributed by atoms with E-state index in [0.29, 0.717) is 29.0 Å². The number of carbonyl (C=O) groups is 2. The van der Waals surface area contributed by atoms with Crippen LogP contribution < -0.4 is 10.4 Å². The van der Waals surface area contributed by atoms with Gasteiger partial charge in [0.15, 0.2) is 5.69 Å². The Balaban J connectivity index is 1.93. The summed E-state index contributed by atoms with van der Waals surface area (Å²) in [4.78, 5) is 39.6. The monoisotopic (exact) mass is 530 g/mol. The van der Waals surface area contributed by atoms with E-state index in [-0.39, 0.29) is 35.7 Å². The van der Waals surface area contributed by atoms with Gasteiger partial charge in [-0.15, -0.1) is 0 Å². The number of aryl methyl sites for hydroxylation is 1. The Morgan fingerprint density at radius 3 is 2.44 bits per heavy atom. The van der Waals surface area contributed by atoms with E-state index in [4.69, 9.17) is 18.6 Å². The highest BCUT2D eigenvalue weighted by molar-refractivity contribution is 6.07.